The third-order valence-corrected chi connectivity index (χ3v) is 2.90. The smallest absolute Gasteiger partial charge is 0.327 e. The molecule has 0 bridgehead atoms. The molecule has 0 spiro atoms. The van der Waals surface area contributed by atoms with E-state index in [1.807, 2.05) is 5.43 Å². The number of ether oxygens (including phenoxy) is 2. The third-order valence-electron chi connectivity index (χ3n) is 2.90. The Bertz CT molecular complexity index is 698. The molecule has 0 aromatic heterocycles. The highest BCUT2D eigenvalue weighted by Gasteiger charge is 2.14. The fraction of sp³-hybridized carbons (Fsp3) is 0.278. The van der Waals surface area contributed by atoms with E-state index in [2.05, 4.69) is 17.3 Å². The first-order valence-electron chi connectivity index (χ1n) is 7.88. The summed E-state index contributed by atoms with van der Waals surface area (Å²) in [7, 11) is 1.51. The fourth-order valence-electron chi connectivity index (χ4n) is 1.77. The molecule has 0 fully saturated rings. The lowest BCUT2D eigenvalue weighted by Gasteiger charge is -2.10. The van der Waals surface area contributed by atoms with Gasteiger partial charge in [0, 0.05) is 12.1 Å². The summed E-state index contributed by atoms with van der Waals surface area (Å²) in [4.78, 5) is 34.6. The van der Waals surface area contributed by atoms with Crippen LogP contribution in [0.25, 0.3) is 6.08 Å². The van der Waals surface area contributed by atoms with E-state index in [1.165, 1.54) is 19.3 Å². The van der Waals surface area contributed by atoms with Crippen molar-refractivity contribution in [2.75, 3.05) is 13.7 Å². The minimum absolute atomic E-state index is 0.183. The average molecular weight is 361 g/mol. The van der Waals surface area contributed by atoms with Crippen LogP contribution in [0.2, 0.25) is 0 Å². The van der Waals surface area contributed by atoms with Crippen molar-refractivity contribution < 1.29 is 23.9 Å². The van der Waals surface area contributed by atoms with Crippen LogP contribution < -0.4 is 25.6 Å². The van der Waals surface area contributed by atoms with Gasteiger partial charge < -0.3 is 14.8 Å². The van der Waals surface area contributed by atoms with Gasteiger partial charge in [-0.1, -0.05) is 18.7 Å². The summed E-state index contributed by atoms with van der Waals surface area (Å²) >= 11 is 0. The van der Waals surface area contributed by atoms with Gasteiger partial charge in [0.25, 0.3) is 5.91 Å². The molecule has 3 amide bonds. The summed E-state index contributed by atoms with van der Waals surface area (Å²) in [6.45, 7) is 7.35. The van der Waals surface area contributed by atoms with Gasteiger partial charge in [0.1, 0.15) is 6.61 Å². The molecular formula is C18H23N3O5. The van der Waals surface area contributed by atoms with Crippen LogP contribution in [-0.2, 0) is 14.4 Å². The molecule has 0 unspecified atom stereocenters. The summed E-state index contributed by atoms with van der Waals surface area (Å²) in [5.41, 5.74) is 4.83. The molecule has 1 aromatic rings. The number of carbonyl (C=O) groups is 3. The maximum absolute atomic E-state index is 11.7. The first kappa shape index (κ1) is 20.8. The summed E-state index contributed by atoms with van der Waals surface area (Å²) < 4.78 is 10.7. The number of carbonyl (C=O) groups excluding carboxylic acids is 3. The van der Waals surface area contributed by atoms with E-state index in [0.717, 1.165) is 0 Å². The number of hydrogen-bond donors (Lipinski definition) is 3. The SMILES string of the molecule is C=CCOc1ccc(/C=C/C(=O)NNC(=O)C(=O)NC(C)C)cc1OC. The van der Waals surface area contributed by atoms with E-state index in [1.54, 1.807) is 38.1 Å². The van der Waals surface area contributed by atoms with Crippen LogP contribution in [0.3, 0.4) is 0 Å². The van der Waals surface area contributed by atoms with E-state index >= 15 is 0 Å². The monoisotopic (exact) mass is 361 g/mol. The van der Waals surface area contributed by atoms with Crippen LogP contribution in [0.1, 0.15) is 19.4 Å². The number of methoxy groups -OCH3 is 1. The van der Waals surface area contributed by atoms with Gasteiger partial charge in [-0.3, -0.25) is 25.2 Å². The average Bonchev–Trinajstić information content (AvgIpc) is 2.62. The van der Waals surface area contributed by atoms with Gasteiger partial charge in [0.2, 0.25) is 0 Å². The Hall–Kier alpha value is -3.29. The second kappa shape index (κ2) is 10.5. The Morgan fingerprint density at radius 3 is 2.50 bits per heavy atom. The highest BCUT2D eigenvalue weighted by Crippen LogP contribution is 2.28. The van der Waals surface area contributed by atoms with Crippen molar-refractivity contribution >= 4 is 23.8 Å². The highest BCUT2D eigenvalue weighted by molar-refractivity contribution is 6.35. The van der Waals surface area contributed by atoms with Crippen LogP contribution in [0.4, 0.5) is 0 Å². The summed E-state index contributed by atoms with van der Waals surface area (Å²) in [6.07, 6.45) is 4.35. The van der Waals surface area contributed by atoms with Gasteiger partial charge in [-0.2, -0.15) is 0 Å². The molecule has 8 nitrogen and oxygen atoms in total. The number of amides is 3. The summed E-state index contributed by atoms with van der Waals surface area (Å²) in [5.74, 6) is -1.32. The highest BCUT2D eigenvalue weighted by atomic mass is 16.5. The van der Waals surface area contributed by atoms with Crippen molar-refractivity contribution in [3.63, 3.8) is 0 Å². The van der Waals surface area contributed by atoms with Crippen molar-refractivity contribution in [3.8, 4) is 11.5 Å². The minimum atomic E-state index is -0.953. The molecule has 0 saturated heterocycles. The Balaban J connectivity index is 2.61. The normalized spacial score (nSPS) is 10.3. The zero-order valence-corrected chi connectivity index (χ0v) is 15.0. The van der Waals surface area contributed by atoms with E-state index < -0.39 is 17.7 Å². The lowest BCUT2D eigenvalue weighted by molar-refractivity contribution is -0.140. The van der Waals surface area contributed by atoms with Gasteiger partial charge >= 0.3 is 11.8 Å². The molecule has 0 aliphatic rings. The standard InChI is InChI=1S/C18H23N3O5/c1-5-10-26-14-8-6-13(11-15(14)25-4)7-9-16(22)20-21-18(24)17(23)19-12(2)3/h5-9,11-12H,1,10H2,2-4H3,(H,19,23)(H,20,22)(H,21,24)/b9-7+. The molecular weight excluding hydrogens is 338 g/mol. The second-order valence-corrected chi connectivity index (χ2v) is 5.41. The van der Waals surface area contributed by atoms with Gasteiger partial charge in [-0.15, -0.1) is 0 Å². The molecule has 8 heteroatoms. The number of hydrogen-bond acceptors (Lipinski definition) is 5. The Morgan fingerprint density at radius 1 is 1.15 bits per heavy atom. The van der Waals surface area contributed by atoms with Crippen LogP contribution in [-0.4, -0.2) is 37.5 Å². The molecule has 0 aliphatic carbocycles. The predicted molar refractivity (Wildman–Crippen MR) is 97.3 cm³/mol. The Kier molecular flexibility index (Phi) is 8.42. The lowest BCUT2D eigenvalue weighted by atomic mass is 10.2. The maximum atomic E-state index is 11.7. The van der Waals surface area contributed by atoms with E-state index in [4.69, 9.17) is 9.47 Å². The molecule has 1 aromatic carbocycles. The van der Waals surface area contributed by atoms with Gasteiger partial charge in [-0.25, -0.2) is 0 Å². The van der Waals surface area contributed by atoms with Crippen LogP contribution in [0, 0.1) is 0 Å². The number of hydrazine groups is 1. The maximum Gasteiger partial charge on any atom is 0.327 e. The second-order valence-electron chi connectivity index (χ2n) is 5.41. The molecule has 0 heterocycles. The molecule has 1 rings (SSSR count). The summed E-state index contributed by atoms with van der Waals surface area (Å²) in [5, 5.41) is 2.40. The molecule has 0 saturated carbocycles. The van der Waals surface area contributed by atoms with Crippen molar-refractivity contribution in [2.24, 2.45) is 0 Å². The Morgan fingerprint density at radius 2 is 1.88 bits per heavy atom. The van der Waals surface area contributed by atoms with E-state index in [0.29, 0.717) is 23.7 Å². The minimum Gasteiger partial charge on any atom is -0.493 e. The molecule has 0 atom stereocenters. The quantitative estimate of drug-likeness (QED) is 0.290. The van der Waals surface area contributed by atoms with Crippen molar-refractivity contribution in [3.05, 3.63) is 42.5 Å². The number of rotatable bonds is 7. The van der Waals surface area contributed by atoms with Crippen molar-refractivity contribution in [1.82, 2.24) is 16.2 Å². The van der Waals surface area contributed by atoms with Gasteiger partial charge in [0.15, 0.2) is 11.5 Å². The number of benzene rings is 1. The van der Waals surface area contributed by atoms with Crippen molar-refractivity contribution in [2.45, 2.75) is 19.9 Å². The molecule has 0 radical (unpaired) electrons. The van der Waals surface area contributed by atoms with Gasteiger partial charge in [-0.05, 0) is 37.6 Å². The zero-order chi connectivity index (χ0) is 19.5. The van der Waals surface area contributed by atoms with E-state index in [9.17, 15) is 14.4 Å². The topological polar surface area (TPSA) is 106 Å². The summed E-state index contributed by atoms with van der Waals surface area (Å²) in [6, 6.07) is 4.95. The number of nitrogens with one attached hydrogen (secondary N) is 3. The van der Waals surface area contributed by atoms with Crippen molar-refractivity contribution in [1.29, 1.82) is 0 Å². The lowest BCUT2D eigenvalue weighted by Crippen LogP contribution is -2.49. The first-order valence-corrected chi connectivity index (χ1v) is 7.88. The molecule has 3 N–H and O–H groups in total. The Labute approximate surface area is 152 Å². The van der Waals surface area contributed by atoms with Gasteiger partial charge in [0.05, 0.1) is 7.11 Å². The molecule has 140 valence electrons. The van der Waals surface area contributed by atoms with Crippen LogP contribution in [0.5, 0.6) is 11.5 Å². The van der Waals surface area contributed by atoms with Crippen LogP contribution >= 0.6 is 0 Å². The first-order chi connectivity index (χ1) is 12.4. The molecule has 0 aliphatic heterocycles. The third kappa shape index (κ3) is 7.08. The van der Waals surface area contributed by atoms with E-state index in [-0.39, 0.29) is 6.04 Å². The fourth-order valence-corrected chi connectivity index (χ4v) is 1.77. The van der Waals surface area contributed by atoms with Crippen LogP contribution in [0.15, 0.2) is 36.9 Å². The molecule has 26 heavy (non-hydrogen) atoms. The largest absolute Gasteiger partial charge is 0.493 e. The predicted octanol–water partition coefficient (Wildman–Crippen LogP) is 0.945. The zero-order valence-electron chi connectivity index (χ0n) is 15.0.